The quantitative estimate of drug-likeness (QED) is 0.422. The highest BCUT2D eigenvalue weighted by Crippen LogP contribution is 2.05. The minimum atomic E-state index is -0.241. The van der Waals surface area contributed by atoms with Gasteiger partial charge in [0.1, 0.15) is 0 Å². The summed E-state index contributed by atoms with van der Waals surface area (Å²) < 4.78 is 0. The molecule has 0 aliphatic carbocycles. The van der Waals surface area contributed by atoms with E-state index in [1.165, 1.54) is 0 Å². The Morgan fingerprint density at radius 1 is 1.43 bits per heavy atom. The first-order chi connectivity index (χ1) is 3.06. The third-order valence-corrected chi connectivity index (χ3v) is 0.327. The molecule has 2 heteroatoms. The average Bonchev–Trinajstić information content (AvgIpc) is 1.30. The molecule has 0 N–H and O–H groups in total. The highest BCUT2D eigenvalue weighted by atomic mass is 16.6. The molecule has 7 heavy (non-hydrogen) atoms. The molecule has 0 aliphatic heterocycles. The van der Waals surface area contributed by atoms with Crippen molar-refractivity contribution in [2.45, 2.75) is 26.4 Å². The van der Waals surface area contributed by atoms with Gasteiger partial charge in [-0.3, -0.25) is 0 Å². The van der Waals surface area contributed by atoms with Crippen LogP contribution in [-0.4, -0.2) is 5.60 Å². The largest absolute Gasteiger partial charge is 0.335 e. The molecule has 0 heterocycles. The summed E-state index contributed by atoms with van der Waals surface area (Å²) >= 11 is 0. The van der Waals surface area contributed by atoms with E-state index in [9.17, 15) is 0 Å². The fourth-order valence-corrected chi connectivity index (χ4v) is 0.158. The summed E-state index contributed by atoms with van der Waals surface area (Å²) in [5, 5.41) is 3.01. The molecule has 0 amide bonds. The van der Waals surface area contributed by atoms with E-state index in [1.54, 1.807) is 0 Å². The molecule has 0 saturated heterocycles. The van der Waals surface area contributed by atoms with Gasteiger partial charge < -0.3 is 0 Å². The molecule has 0 atom stereocenters. The standard InChI is InChI=1S/C5H10NO/c1-5(2,3)7-6-4/h4H,1-3H3/q+1. The van der Waals surface area contributed by atoms with Gasteiger partial charge in [-0.2, -0.15) is 4.84 Å². The van der Waals surface area contributed by atoms with Gasteiger partial charge in [0, 0.05) is 0 Å². The van der Waals surface area contributed by atoms with Crippen molar-refractivity contribution < 1.29 is 4.84 Å². The summed E-state index contributed by atoms with van der Waals surface area (Å²) in [5.74, 6) is 0. The van der Waals surface area contributed by atoms with E-state index in [1.807, 2.05) is 20.8 Å². The lowest BCUT2D eigenvalue weighted by Crippen LogP contribution is -2.13. The van der Waals surface area contributed by atoms with Gasteiger partial charge in [0.25, 0.3) is 0 Å². The highest BCUT2D eigenvalue weighted by Gasteiger charge is 2.15. The van der Waals surface area contributed by atoms with E-state index in [0.29, 0.717) is 0 Å². The van der Waals surface area contributed by atoms with Crippen LogP contribution < -0.4 is 0 Å². The molecular weight excluding hydrogens is 90.1 g/mol. The molecule has 0 aromatic heterocycles. The summed E-state index contributed by atoms with van der Waals surface area (Å²) in [6.07, 6.45) is 0. The maximum atomic E-state index is 4.72. The van der Waals surface area contributed by atoms with Gasteiger partial charge in [0.05, 0.1) is 0 Å². The lowest BCUT2D eigenvalue weighted by atomic mass is 10.2. The molecule has 0 aliphatic rings. The highest BCUT2D eigenvalue weighted by molar-refractivity contribution is 4.61. The summed E-state index contributed by atoms with van der Waals surface area (Å²) in [7, 11) is 0. The van der Waals surface area contributed by atoms with Gasteiger partial charge >= 0.3 is 6.57 Å². The van der Waals surface area contributed by atoms with Gasteiger partial charge in [-0.05, 0) is 20.8 Å². The predicted molar refractivity (Wildman–Crippen MR) is 29.1 cm³/mol. The maximum absolute atomic E-state index is 4.72. The number of nitrogens with zero attached hydrogens (tertiary/aromatic N) is 1. The number of hydrogen-bond donors (Lipinski definition) is 0. The van der Waals surface area contributed by atoms with Gasteiger partial charge in [-0.1, -0.05) is 0 Å². The molecule has 0 aromatic rings. The zero-order valence-electron chi connectivity index (χ0n) is 4.93. The van der Waals surface area contributed by atoms with Crippen LogP contribution in [0.4, 0.5) is 0 Å². The van der Waals surface area contributed by atoms with Crippen molar-refractivity contribution in [3.05, 3.63) is 5.01 Å². The Balaban J connectivity index is 3.40. The van der Waals surface area contributed by atoms with Crippen LogP contribution in [0, 0.1) is 6.57 Å². The van der Waals surface area contributed by atoms with Crippen molar-refractivity contribution in [3.63, 3.8) is 0 Å². The molecule has 0 saturated carbocycles. The number of rotatable bonds is 0. The van der Waals surface area contributed by atoms with E-state index >= 15 is 0 Å². The predicted octanol–water partition coefficient (Wildman–Crippen LogP) is 1.68. The summed E-state index contributed by atoms with van der Waals surface area (Å²) in [6, 6.07) is 0. The van der Waals surface area contributed by atoms with E-state index in [-0.39, 0.29) is 5.60 Å². The first kappa shape index (κ1) is 6.29. The van der Waals surface area contributed by atoms with Crippen LogP contribution in [0.5, 0.6) is 0 Å². The topological polar surface area (TPSA) is 13.6 Å². The molecule has 0 bridgehead atoms. The minimum absolute atomic E-state index is 0.241. The second-order valence-corrected chi connectivity index (χ2v) is 2.31. The monoisotopic (exact) mass is 100 g/mol. The molecule has 0 spiro atoms. The van der Waals surface area contributed by atoms with Crippen LogP contribution >= 0.6 is 0 Å². The molecule has 0 radical (unpaired) electrons. The summed E-state index contributed by atoms with van der Waals surface area (Å²) in [5.41, 5.74) is -0.241. The first-order valence-electron chi connectivity index (χ1n) is 2.14. The molecule has 2 nitrogen and oxygen atoms in total. The molecule has 40 valence electrons. The fourth-order valence-electron chi connectivity index (χ4n) is 0.158. The van der Waals surface area contributed by atoms with Gasteiger partial charge in [-0.25, -0.2) is 0 Å². The van der Waals surface area contributed by atoms with E-state index in [4.69, 9.17) is 6.57 Å². The smallest absolute Gasteiger partial charge is 0.158 e. The lowest BCUT2D eigenvalue weighted by Gasteiger charge is -2.02. The van der Waals surface area contributed by atoms with Crippen LogP contribution in [0.1, 0.15) is 20.8 Å². The van der Waals surface area contributed by atoms with Crippen LogP contribution in [0.3, 0.4) is 0 Å². The zero-order valence-corrected chi connectivity index (χ0v) is 4.93. The second kappa shape index (κ2) is 1.83. The first-order valence-corrected chi connectivity index (χ1v) is 2.14. The molecular formula is C5H10NO+. The minimum Gasteiger partial charge on any atom is -0.158 e. The molecule has 0 unspecified atom stereocenters. The second-order valence-electron chi connectivity index (χ2n) is 2.31. The normalized spacial score (nSPS) is 10.0. The Hall–Kier alpha value is -0.710. The lowest BCUT2D eigenvalue weighted by molar-refractivity contribution is 0.0725. The van der Waals surface area contributed by atoms with E-state index in [2.05, 4.69) is 9.85 Å². The zero-order chi connectivity index (χ0) is 5.91. The van der Waals surface area contributed by atoms with Crippen molar-refractivity contribution in [2.24, 2.45) is 0 Å². The van der Waals surface area contributed by atoms with Gasteiger partial charge in [0.2, 0.25) is 5.01 Å². The SMILES string of the molecule is C#[N+]OC(C)(C)C. The summed E-state index contributed by atoms with van der Waals surface area (Å²) in [6.45, 7) is 10.4. The van der Waals surface area contributed by atoms with Crippen molar-refractivity contribution in [1.29, 1.82) is 0 Å². The van der Waals surface area contributed by atoms with E-state index < -0.39 is 0 Å². The maximum Gasteiger partial charge on any atom is 0.335 e. The van der Waals surface area contributed by atoms with Crippen molar-refractivity contribution >= 4 is 0 Å². The van der Waals surface area contributed by atoms with Crippen molar-refractivity contribution in [1.82, 2.24) is 0 Å². The Bertz CT molecular complexity index is 85.2. The fraction of sp³-hybridized carbons (Fsp3) is 0.800. The third-order valence-electron chi connectivity index (χ3n) is 0.327. The van der Waals surface area contributed by atoms with Crippen LogP contribution in [0.25, 0.3) is 5.01 Å². The number of hydrogen-bond acceptors (Lipinski definition) is 1. The Kier molecular flexibility index (Phi) is 1.65. The van der Waals surface area contributed by atoms with E-state index in [0.717, 1.165) is 0 Å². The van der Waals surface area contributed by atoms with Crippen LogP contribution in [0.2, 0.25) is 0 Å². The van der Waals surface area contributed by atoms with Gasteiger partial charge in [-0.15, -0.1) is 0 Å². The Labute approximate surface area is 43.9 Å². The molecule has 0 rings (SSSR count). The molecule has 0 aromatic carbocycles. The van der Waals surface area contributed by atoms with Crippen molar-refractivity contribution in [2.75, 3.05) is 0 Å². The van der Waals surface area contributed by atoms with Crippen LogP contribution in [0.15, 0.2) is 0 Å². The Morgan fingerprint density at radius 2 is 1.86 bits per heavy atom. The summed E-state index contributed by atoms with van der Waals surface area (Å²) in [4.78, 5) is 4.63. The average molecular weight is 100 g/mol. The van der Waals surface area contributed by atoms with Crippen molar-refractivity contribution in [3.8, 4) is 6.57 Å². The third kappa shape index (κ3) is 5.29. The molecule has 0 fully saturated rings. The van der Waals surface area contributed by atoms with Gasteiger partial charge in [0.15, 0.2) is 5.60 Å². The Morgan fingerprint density at radius 3 is 1.86 bits per heavy atom. The van der Waals surface area contributed by atoms with Crippen LogP contribution in [-0.2, 0) is 4.84 Å².